The van der Waals surface area contributed by atoms with Crippen molar-refractivity contribution in [1.82, 2.24) is 19.9 Å². The van der Waals surface area contributed by atoms with Crippen LogP contribution in [0.15, 0.2) is 55.0 Å². The Morgan fingerprint density at radius 2 is 1.88 bits per heavy atom. The van der Waals surface area contributed by atoms with E-state index in [1.54, 1.807) is 18.6 Å². The van der Waals surface area contributed by atoms with Crippen LogP contribution in [-0.2, 0) is 6.54 Å². The topological polar surface area (TPSA) is 75.6 Å². The second kappa shape index (κ2) is 8.19. The van der Waals surface area contributed by atoms with Crippen LogP contribution >= 0.6 is 0 Å². The quantitative estimate of drug-likeness (QED) is 0.685. The molecule has 0 bridgehead atoms. The summed E-state index contributed by atoms with van der Waals surface area (Å²) in [6.45, 7) is 4.85. The number of aromatic nitrogens is 4. The Labute approximate surface area is 147 Å². The van der Waals surface area contributed by atoms with Crippen LogP contribution in [0.2, 0.25) is 0 Å². The van der Waals surface area contributed by atoms with Crippen LogP contribution in [0.4, 0.5) is 11.8 Å². The van der Waals surface area contributed by atoms with E-state index in [0.717, 1.165) is 29.2 Å². The molecule has 128 valence electrons. The molecule has 0 spiro atoms. The highest BCUT2D eigenvalue weighted by Gasteiger charge is 2.09. The maximum Gasteiger partial charge on any atom is 0.225 e. The minimum atomic E-state index is 0.302. The Bertz CT molecular complexity index is 792. The highest BCUT2D eigenvalue weighted by atomic mass is 15.2. The van der Waals surface area contributed by atoms with Gasteiger partial charge in [0.25, 0.3) is 0 Å². The van der Waals surface area contributed by atoms with Crippen molar-refractivity contribution < 1.29 is 0 Å². The summed E-state index contributed by atoms with van der Waals surface area (Å²) in [5, 5.41) is 6.68. The maximum atomic E-state index is 4.64. The van der Waals surface area contributed by atoms with E-state index in [0.29, 0.717) is 18.5 Å². The number of pyridine rings is 2. The first-order chi connectivity index (χ1) is 12.2. The molecule has 2 N–H and O–H groups in total. The van der Waals surface area contributed by atoms with Gasteiger partial charge in [-0.05, 0) is 37.6 Å². The van der Waals surface area contributed by atoms with Gasteiger partial charge in [-0.2, -0.15) is 4.98 Å². The Balaban J connectivity index is 1.86. The van der Waals surface area contributed by atoms with Crippen LogP contribution in [0.25, 0.3) is 11.3 Å². The first-order valence-electron chi connectivity index (χ1n) is 8.44. The highest BCUT2D eigenvalue weighted by molar-refractivity contribution is 5.63. The maximum absolute atomic E-state index is 4.64. The van der Waals surface area contributed by atoms with Gasteiger partial charge in [-0.15, -0.1) is 0 Å². The molecule has 0 amide bonds. The van der Waals surface area contributed by atoms with E-state index in [-0.39, 0.29) is 0 Å². The first kappa shape index (κ1) is 16.8. The normalized spacial score (nSPS) is 11.8. The third-order valence-corrected chi connectivity index (χ3v) is 3.87. The van der Waals surface area contributed by atoms with Crippen molar-refractivity contribution in [1.29, 1.82) is 0 Å². The predicted octanol–water partition coefficient (Wildman–Crippen LogP) is 3.76. The molecule has 3 heterocycles. The lowest BCUT2D eigenvalue weighted by Crippen LogP contribution is -2.16. The van der Waals surface area contributed by atoms with Gasteiger partial charge in [-0.1, -0.05) is 13.0 Å². The monoisotopic (exact) mass is 334 g/mol. The average Bonchev–Trinajstić information content (AvgIpc) is 2.67. The van der Waals surface area contributed by atoms with Gasteiger partial charge in [0, 0.05) is 36.3 Å². The summed E-state index contributed by atoms with van der Waals surface area (Å²) in [6.07, 6.45) is 6.31. The van der Waals surface area contributed by atoms with E-state index >= 15 is 0 Å². The molecule has 0 saturated carbocycles. The standard InChI is InChI=1S/C19H22N6/c1-3-14(2)23-19-24-17(15-7-10-20-11-8-15)12-18(25-19)22-13-16-6-4-5-9-21-16/h4-12,14H,3,13H2,1-2H3,(H2,22,23,24,25)/t14-/m0/s1. The van der Waals surface area contributed by atoms with E-state index in [4.69, 9.17) is 0 Å². The van der Waals surface area contributed by atoms with Gasteiger partial charge in [0.05, 0.1) is 17.9 Å². The van der Waals surface area contributed by atoms with Crippen LogP contribution in [0, 0.1) is 0 Å². The number of hydrogen-bond acceptors (Lipinski definition) is 6. The van der Waals surface area contributed by atoms with Crippen LogP contribution in [0.3, 0.4) is 0 Å². The molecule has 6 nitrogen and oxygen atoms in total. The molecule has 25 heavy (non-hydrogen) atoms. The zero-order chi connectivity index (χ0) is 17.5. The molecule has 0 aromatic carbocycles. The van der Waals surface area contributed by atoms with Crippen molar-refractivity contribution in [2.75, 3.05) is 10.6 Å². The van der Waals surface area contributed by atoms with Crippen LogP contribution in [0.1, 0.15) is 26.0 Å². The van der Waals surface area contributed by atoms with Crippen molar-refractivity contribution in [2.45, 2.75) is 32.9 Å². The summed E-state index contributed by atoms with van der Waals surface area (Å²) >= 11 is 0. The Hall–Kier alpha value is -3.02. The SMILES string of the molecule is CC[C@H](C)Nc1nc(NCc2ccccn2)cc(-c2ccncc2)n1. The lowest BCUT2D eigenvalue weighted by molar-refractivity contribution is 0.753. The van der Waals surface area contributed by atoms with E-state index in [1.165, 1.54) is 0 Å². The first-order valence-corrected chi connectivity index (χ1v) is 8.44. The minimum Gasteiger partial charge on any atom is -0.364 e. The smallest absolute Gasteiger partial charge is 0.225 e. The van der Waals surface area contributed by atoms with Gasteiger partial charge < -0.3 is 10.6 Å². The van der Waals surface area contributed by atoms with E-state index in [1.807, 2.05) is 36.4 Å². The Morgan fingerprint density at radius 3 is 2.60 bits per heavy atom. The number of nitrogens with one attached hydrogen (secondary N) is 2. The van der Waals surface area contributed by atoms with Crippen LogP contribution in [-0.4, -0.2) is 26.0 Å². The van der Waals surface area contributed by atoms with Crippen molar-refractivity contribution in [3.05, 3.63) is 60.7 Å². The predicted molar refractivity (Wildman–Crippen MR) is 100 cm³/mol. The van der Waals surface area contributed by atoms with Crippen molar-refractivity contribution in [2.24, 2.45) is 0 Å². The third-order valence-electron chi connectivity index (χ3n) is 3.87. The van der Waals surface area contributed by atoms with Crippen LogP contribution in [0.5, 0.6) is 0 Å². The van der Waals surface area contributed by atoms with Crippen LogP contribution < -0.4 is 10.6 Å². The summed E-state index contributed by atoms with van der Waals surface area (Å²) in [5.74, 6) is 1.38. The highest BCUT2D eigenvalue weighted by Crippen LogP contribution is 2.21. The fraction of sp³-hybridized carbons (Fsp3) is 0.263. The molecule has 0 saturated heterocycles. The molecule has 6 heteroatoms. The summed E-state index contributed by atoms with van der Waals surface area (Å²) in [7, 11) is 0. The zero-order valence-corrected chi connectivity index (χ0v) is 14.5. The van der Waals surface area contributed by atoms with Gasteiger partial charge in [0.15, 0.2) is 0 Å². The summed E-state index contributed by atoms with van der Waals surface area (Å²) < 4.78 is 0. The van der Waals surface area contributed by atoms with Gasteiger partial charge in [-0.3, -0.25) is 9.97 Å². The molecular formula is C19H22N6. The third kappa shape index (κ3) is 4.73. The minimum absolute atomic E-state index is 0.302. The fourth-order valence-electron chi connectivity index (χ4n) is 2.28. The second-order valence-electron chi connectivity index (χ2n) is 5.83. The Morgan fingerprint density at radius 1 is 1.04 bits per heavy atom. The zero-order valence-electron chi connectivity index (χ0n) is 14.5. The lowest BCUT2D eigenvalue weighted by atomic mass is 10.2. The van der Waals surface area contributed by atoms with E-state index in [9.17, 15) is 0 Å². The van der Waals surface area contributed by atoms with Gasteiger partial charge >= 0.3 is 0 Å². The van der Waals surface area contributed by atoms with Crippen molar-refractivity contribution in [3.63, 3.8) is 0 Å². The molecule has 0 aliphatic heterocycles. The van der Waals surface area contributed by atoms with Gasteiger partial charge in [-0.25, -0.2) is 4.98 Å². The van der Waals surface area contributed by atoms with Gasteiger partial charge in [0.1, 0.15) is 5.82 Å². The average molecular weight is 334 g/mol. The summed E-state index contributed by atoms with van der Waals surface area (Å²) in [4.78, 5) is 17.6. The van der Waals surface area contributed by atoms with E-state index in [2.05, 4.69) is 44.4 Å². The number of hydrogen-bond donors (Lipinski definition) is 2. The van der Waals surface area contributed by atoms with E-state index < -0.39 is 0 Å². The fourth-order valence-corrected chi connectivity index (χ4v) is 2.28. The lowest BCUT2D eigenvalue weighted by Gasteiger charge is -2.14. The largest absolute Gasteiger partial charge is 0.364 e. The Kier molecular flexibility index (Phi) is 5.51. The number of nitrogens with zero attached hydrogens (tertiary/aromatic N) is 4. The summed E-state index contributed by atoms with van der Waals surface area (Å²) in [5.41, 5.74) is 2.82. The molecule has 0 aliphatic rings. The molecular weight excluding hydrogens is 312 g/mol. The molecule has 3 rings (SSSR count). The summed E-state index contributed by atoms with van der Waals surface area (Å²) in [6, 6.07) is 12.0. The number of anilines is 2. The van der Waals surface area contributed by atoms with Crippen molar-refractivity contribution in [3.8, 4) is 11.3 Å². The van der Waals surface area contributed by atoms with Crippen molar-refractivity contribution >= 4 is 11.8 Å². The van der Waals surface area contributed by atoms with Gasteiger partial charge in [0.2, 0.25) is 5.95 Å². The molecule has 0 radical (unpaired) electrons. The second-order valence-corrected chi connectivity index (χ2v) is 5.83. The molecule has 0 fully saturated rings. The molecule has 1 atom stereocenters. The molecule has 0 aliphatic carbocycles. The molecule has 0 unspecified atom stereocenters. The molecule has 3 aromatic rings. The number of rotatable bonds is 7. The molecule has 3 aromatic heterocycles.